The first-order valence-electron chi connectivity index (χ1n) is 8.23. The molecule has 0 saturated heterocycles. The second-order valence-electron chi connectivity index (χ2n) is 6.58. The van der Waals surface area contributed by atoms with Crippen LogP contribution in [0.5, 0.6) is 0 Å². The van der Waals surface area contributed by atoms with Gasteiger partial charge in [0.2, 0.25) is 0 Å². The SMILES string of the molecule is CNC(c1ccccc1)C(C(C)C)S(=O)CC1CCCC1. The molecule has 2 rings (SSSR count). The average Bonchev–Trinajstić information content (AvgIpc) is 2.97. The molecule has 1 aliphatic carbocycles. The summed E-state index contributed by atoms with van der Waals surface area (Å²) in [5.74, 6) is 1.97. The molecule has 1 N–H and O–H groups in total. The quantitative estimate of drug-likeness (QED) is 0.827. The molecule has 1 saturated carbocycles. The molecule has 0 spiro atoms. The van der Waals surface area contributed by atoms with E-state index in [1.54, 1.807) is 0 Å². The topological polar surface area (TPSA) is 29.1 Å². The lowest BCUT2D eigenvalue weighted by Gasteiger charge is -2.30. The Bertz CT molecular complexity index is 440. The summed E-state index contributed by atoms with van der Waals surface area (Å²) in [4.78, 5) is 0. The van der Waals surface area contributed by atoms with Gasteiger partial charge in [-0.3, -0.25) is 4.21 Å². The number of hydrogen-bond donors (Lipinski definition) is 1. The largest absolute Gasteiger partial charge is 0.312 e. The molecule has 21 heavy (non-hydrogen) atoms. The number of hydrogen-bond acceptors (Lipinski definition) is 2. The summed E-state index contributed by atoms with van der Waals surface area (Å²) in [6.45, 7) is 4.40. The monoisotopic (exact) mass is 307 g/mol. The summed E-state index contributed by atoms with van der Waals surface area (Å²) in [6.07, 6.45) is 5.18. The molecular formula is C18H29NOS. The first-order valence-corrected chi connectivity index (χ1v) is 9.61. The van der Waals surface area contributed by atoms with Crippen molar-refractivity contribution in [3.63, 3.8) is 0 Å². The second kappa shape index (κ2) is 8.09. The lowest BCUT2D eigenvalue weighted by molar-refractivity contribution is 0.457. The molecule has 3 unspecified atom stereocenters. The third kappa shape index (κ3) is 4.40. The van der Waals surface area contributed by atoms with Crippen LogP contribution < -0.4 is 5.32 Å². The minimum atomic E-state index is -0.771. The Morgan fingerprint density at radius 1 is 1.19 bits per heavy atom. The molecule has 0 aliphatic heterocycles. The van der Waals surface area contributed by atoms with E-state index in [-0.39, 0.29) is 11.3 Å². The van der Waals surface area contributed by atoms with Crippen molar-refractivity contribution in [3.05, 3.63) is 35.9 Å². The summed E-state index contributed by atoms with van der Waals surface area (Å²) >= 11 is 0. The molecule has 0 aromatic heterocycles. The molecule has 3 heteroatoms. The van der Waals surface area contributed by atoms with E-state index >= 15 is 0 Å². The fourth-order valence-electron chi connectivity index (χ4n) is 3.54. The molecule has 2 nitrogen and oxygen atoms in total. The van der Waals surface area contributed by atoms with Gasteiger partial charge in [-0.05, 0) is 37.3 Å². The number of rotatable bonds is 7. The van der Waals surface area contributed by atoms with Gasteiger partial charge in [-0.25, -0.2) is 0 Å². The number of nitrogens with one attached hydrogen (secondary N) is 1. The molecule has 0 bridgehead atoms. The Hall–Kier alpha value is -0.670. The van der Waals surface area contributed by atoms with Crippen LogP contribution in [0.25, 0.3) is 0 Å². The van der Waals surface area contributed by atoms with Gasteiger partial charge in [0.15, 0.2) is 0 Å². The van der Waals surface area contributed by atoms with Crippen molar-refractivity contribution in [2.45, 2.75) is 50.8 Å². The van der Waals surface area contributed by atoms with E-state index in [1.807, 2.05) is 13.1 Å². The zero-order valence-corrected chi connectivity index (χ0v) is 14.4. The van der Waals surface area contributed by atoms with Crippen LogP contribution >= 0.6 is 0 Å². The third-order valence-electron chi connectivity index (χ3n) is 4.63. The van der Waals surface area contributed by atoms with Crippen LogP contribution in [0.3, 0.4) is 0 Å². The first-order chi connectivity index (χ1) is 10.1. The smallest absolute Gasteiger partial charge is 0.0565 e. The standard InChI is InChI=1S/C18H29NOS/c1-14(2)18(21(20)13-15-9-7-8-10-15)17(19-3)16-11-5-4-6-12-16/h4-6,11-12,14-15,17-19H,7-10,13H2,1-3H3. The van der Waals surface area contributed by atoms with Crippen LogP contribution in [0.15, 0.2) is 30.3 Å². The van der Waals surface area contributed by atoms with Gasteiger partial charge in [-0.1, -0.05) is 57.0 Å². The maximum atomic E-state index is 13.0. The van der Waals surface area contributed by atoms with Crippen molar-refractivity contribution < 1.29 is 4.21 Å². The molecule has 1 aliphatic rings. The maximum Gasteiger partial charge on any atom is 0.0565 e. The molecule has 0 radical (unpaired) electrons. The normalized spacial score (nSPS) is 20.6. The van der Waals surface area contributed by atoms with Crippen molar-refractivity contribution in [2.75, 3.05) is 12.8 Å². The average molecular weight is 308 g/mol. The van der Waals surface area contributed by atoms with Gasteiger partial charge in [0, 0.05) is 22.6 Å². The summed E-state index contributed by atoms with van der Waals surface area (Å²) in [5, 5.41) is 3.59. The summed E-state index contributed by atoms with van der Waals surface area (Å²) in [5.41, 5.74) is 1.25. The van der Waals surface area contributed by atoms with Gasteiger partial charge < -0.3 is 5.32 Å². The number of benzene rings is 1. The van der Waals surface area contributed by atoms with E-state index in [1.165, 1.54) is 31.2 Å². The van der Waals surface area contributed by atoms with Crippen molar-refractivity contribution >= 4 is 10.8 Å². The van der Waals surface area contributed by atoms with Crippen molar-refractivity contribution in [2.24, 2.45) is 11.8 Å². The Morgan fingerprint density at radius 3 is 2.33 bits per heavy atom. The molecule has 0 heterocycles. The van der Waals surface area contributed by atoms with Crippen LogP contribution in [-0.4, -0.2) is 22.3 Å². The lowest BCUT2D eigenvalue weighted by Crippen LogP contribution is -2.38. The molecule has 118 valence electrons. The maximum absolute atomic E-state index is 13.0. The molecule has 3 atom stereocenters. The Balaban J connectivity index is 2.14. The van der Waals surface area contributed by atoms with E-state index in [0.717, 1.165) is 5.75 Å². The zero-order chi connectivity index (χ0) is 15.2. The highest BCUT2D eigenvalue weighted by molar-refractivity contribution is 7.85. The fraction of sp³-hybridized carbons (Fsp3) is 0.667. The van der Waals surface area contributed by atoms with E-state index in [4.69, 9.17) is 0 Å². The van der Waals surface area contributed by atoms with E-state index < -0.39 is 10.8 Å². The molecular weight excluding hydrogens is 278 g/mol. The van der Waals surface area contributed by atoms with Crippen molar-refractivity contribution in [1.29, 1.82) is 0 Å². The minimum absolute atomic E-state index is 0.174. The van der Waals surface area contributed by atoms with Crippen molar-refractivity contribution in [3.8, 4) is 0 Å². The fourth-order valence-corrected chi connectivity index (χ4v) is 5.77. The van der Waals surface area contributed by atoms with Gasteiger partial charge >= 0.3 is 0 Å². The third-order valence-corrected chi connectivity index (χ3v) is 6.86. The molecule has 1 aromatic carbocycles. The van der Waals surface area contributed by atoms with Crippen LogP contribution in [-0.2, 0) is 10.8 Å². The second-order valence-corrected chi connectivity index (χ2v) is 8.22. The highest BCUT2D eigenvalue weighted by Crippen LogP contribution is 2.31. The van der Waals surface area contributed by atoms with Crippen LogP contribution in [0.4, 0.5) is 0 Å². The molecule has 1 fully saturated rings. The zero-order valence-electron chi connectivity index (χ0n) is 13.5. The summed E-state index contributed by atoms with van der Waals surface area (Å²) in [7, 11) is 1.22. The molecule has 0 amide bonds. The van der Waals surface area contributed by atoms with Gasteiger partial charge in [0.1, 0.15) is 0 Å². The van der Waals surface area contributed by atoms with E-state index in [0.29, 0.717) is 11.8 Å². The van der Waals surface area contributed by atoms with Crippen molar-refractivity contribution in [1.82, 2.24) is 5.32 Å². The van der Waals surface area contributed by atoms with Crippen LogP contribution in [0.1, 0.15) is 51.1 Å². The first kappa shape index (κ1) is 16.7. The Kier molecular flexibility index (Phi) is 6.43. The van der Waals surface area contributed by atoms with E-state index in [9.17, 15) is 4.21 Å². The van der Waals surface area contributed by atoms with Gasteiger partial charge in [-0.2, -0.15) is 0 Å². The minimum Gasteiger partial charge on any atom is -0.312 e. The van der Waals surface area contributed by atoms with Crippen LogP contribution in [0.2, 0.25) is 0 Å². The van der Waals surface area contributed by atoms with Crippen LogP contribution in [0, 0.1) is 11.8 Å². The Morgan fingerprint density at radius 2 is 1.81 bits per heavy atom. The highest BCUT2D eigenvalue weighted by Gasteiger charge is 2.31. The highest BCUT2D eigenvalue weighted by atomic mass is 32.2. The summed E-state index contributed by atoms with van der Waals surface area (Å²) < 4.78 is 13.0. The predicted molar refractivity (Wildman–Crippen MR) is 91.8 cm³/mol. The van der Waals surface area contributed by atoms with Gasteiger partial charge in [0.25, 0.3) is 0 Å². The lowest BCUT2D eigenvalue weighted by atomic mass is 9.96. The van der Waals surface area contributed by atoms with E-state index in [2.05, 4.69) is 43.4 Å². The van der Waals surface area contributed by atoms with Gasteiger partial charge in [-0.15, -0.1) is 0 Å². The predicted octanol–water partition coefficient (Wildman–Crippen LogP) is 3.91. The Labute approximate surface area is 132 Å². The van der Waals surface area contributed by atoms with Gasteiger partial charge in [0.05, 0.1) is 5.25 Å². The summed E-state index contributed by atoms with van der Waals surface area (Å²) in [6, 6.07) is 10.6. The molecule has 1 aromatic rings.